The molecule has 4 rings (SSSR count). The van der Waals surface area contributed by atoms with Crippen LogP contribution in [0.4, 0.5) is 18.0 Å². The fourth-order valence-corrected chi connectivity index (χ4v) is 5.59. The number of piperidine rings is 1. The van der Waals surface area contributed by atoms with E-state index in [4.69, 9.17) is 0 Å². The van der Waals surface area contributed by atoms with Crippen LogP contribution >= 0.6 is 11.8 Å². The van der Waals surface area contributed by atoms with Crippen LogP contribution in [0.5, 0.6) is 0 Å². The van der Waals surface area contributed by atoms with E-state index >= 15 is 0 Å². The van der Waals surface area contributed by atoms with Gasteiger partial charge in [-0.3, -0.25) is 9.69 Å². The van der Waals surface area contributed by atoms with Crippen LogP contribution in [0.15, 0.2) is 34.2 Å². The van der Waals surface area contributed by atoms with E-state index in [1.54, 1.807) is 19.1 Å². The summed E-state index contributed by atoms with van der Waals surface area (Å²) in [6.07, 6.45) is 2.55. The standard InChI is InChI=1S/C24H30F3N3O2S/c1-15-6-7-17(18(12-15)24(25,26)27)14-30-10-8-16(9-11-30)13-21-22(29-23(32)33-21)28-19-4-2-3-5-20(19)31/h6-7,12-13,16,19-20,31H,2-5,8-11,14H2,1H3,(H,28,29,32)/b21-13-/t19-,20+/m0/s1. The Hall–Kier alpha value is -1.84. The summed E-state index contributed by atoms with van der Waals surface area (Å²) in [6, 6.07) is 4.44. The lowest BCUT2D eigenvalue weighted by atomic mass is 9.92. The molecule has 1 saturated carbocycles. The number of rotatable bonds is 4. The van der Waals surface area contributed by atoms with E-state index in [2.05, 4.69) is 21.3 Å². The smallest absolute Gasteiger partial charge is 0.391 e. The molecular formula is C24H30F3N3O2S. The van der Waals surface area contributed by atoms with Crippen molar-refractivity contribution in [3.63, 3.8) is 0 Å². The monoisotopic (exact) mass is 481 g/mol. The van der Waals surface area contributed by atoms with Gasteiger partial charge in [-0.2, -0.15) is 18.2 Å². The maximum Gasteiger partial charge on any atom is 0.416 e. The highest BCUT2D eigenvalue weighted by Gasteiger charge is 2.34. The fraction of sp³-hybridized carbons (Fsp3) is 0.583. The van der Waals surface area contributed by atoms with Gasteiger partial charge < -0.3 is 10.4 Å². The predicted molar refractivity (Wildman–Crippen MR) is 124 cm³/mol. The molecule has 1 aliphatic carbocycles. The molecule has 0 aromatic heterocycles. The van der Waals surface area contributed by atoms with Gasteiger partial charge in [0.25, 0.3) is 0 Å². The first-order valence-corrected chi connectivity index (χ1v) is 12.4. The van der Waals surface area contributed by atoms with Gasteiger partial charge in [0.1, 0.15) is 5.84 Å². The summed E-state index contributed by atoms with van der Waals surface area (Å²) in [4.78, 5) is 18.9. The molecule has 1 saturated heterocycles. The van der Waals surface area contributed by atoms with Crippen molar-refractivity contribution in [2.75, 3.05) is 13.1 Å². The van der Waals surface area contributed by atoms with Crippen molar-refractivity contribution >= 4 is 22.8 Å². The molecule has 2 aliphatic heterocycles. The van der Waals surface area contributed by atoms with Gasteiger partial charge in [-0.15, -0.1) is 0 Å². The van der Waals surface area contributed by atoms with Crippen LogP contribution in [-0.2, 0) is 12.7 Å². The Bertz CT molecular complexity index is 939. The molecule has 1 amide bonds. The van der Waals surface area contributed by atoms with Crippen LogP contribution in [0.1, 0.15) is 55.2 Å². The molecular weight excluding hydrogens is 451 g/mol. The average Bonchev–Trinajstić information content (AvgIpc) is 3.10. The number of amidine groups is 1. The van der Waals surface area contributed by atoms with Gasteiger partial charge in [-0.25, -0.2) is 0 Å². The Morgan fingerprint density at radius 1 is 1.21 bits per heavy atom. The molecule has 33 heavy (non-hydrogen) atoms. The van der Waals surface area contributed by atoms with E-state index in [-0.39, 0.29) is 23.7 Å². The minimum absolute atomic E-state index is 0.0911. The molecule has 180 valence electrons. The number of carbonyl (C=O) groups is 1. The molecule has 9 heteroatoms. The first-order valence-electron chi connectivity index (χ1n) is 11.6. The number of aliphatic hydroxyl groups is 1. The number of halogens is 3. The number of aliphatic imine (C=N–C) groups is 1. The van der Waals surface area contributed by atoms with E-state index in [9.17, 15) is 23.1 Å². The van der Waals surface area contributed by atoms with E-state index in [0.29, 0.717) is 30.1 Å². The van der Waals surface area contributed by atoms with Crippen molar-refractivity contribution in [3.05, 3.63) is 45.9 Å². The zero-order valence-electron chi connectivity index (χ0n) is 18.7. The lowest BCUT2D eigenvalue weighted by Gasteiger charge is -2.32. The maximum absolute atomic E-state index is 13.4. The van der Waals surface area contributed by atoms with Crippen LogP contribution in [0.3, 0.4) is 0 Å². The number of likely N-dealkylation sites (tertiary alicyclic amines) is 1. The zero-order chi connectivity index (χ0) is 23.6. The second-order valence-corrected chi connectivity index (χ2v) is 10.2. The van der Waals surface area contributed by atoms with Crippen molar-refractivity contribution in [2.24, 2.45) is 10.9 Å². The molecule has 3 aliphatic rings. The van der Waals surface area contributed by atoms with Gasteiger partial charge >= 0.3 is 11.4 Å². The number of nitrogens with zero attached hydrogens (tertiary/aromatic N) is 2. The summed E-state index contributed by atoms with van der Waals surface area (Å²) in [5.41, 5.74) is 0.364. The van der Waals surface area contributed by atoms with Gasteiger partial charge in [0, 0.05) is 6.54 Å². The van der Waals surface area contributed by atoms with Crippen LogP contribution in [0.2, 0.25) is 0 Å². The number of aliphatic hydroxyl groups excluding tert-OH is 1. The number of aryl methyl sites for hydroxylation is 1. The third-order valence-electron chi connectivity index (χ3n) is 6.67. The first-order chi connectivity index (χ1) is 15.7. The number of nitrogens with one attached hydrogen (secondary N) is 1. The minimum Gasteiger partial charge on any atom is -0.391 e. The van der Waals surface area contributed by atoms with Gasteiger partial charge in [0.15, 0.2) is 0 Å². The largest absolute Gasteiger partial charge is 0.416 e. The van der Waals surface area contributed by atoms with Crippen molar-refractivity contribution in [3.8, 4) is 0 Å². The Labute approximate surface area is 196 Å². The third-order valence-corrected chi connectivity index (χ3v) is 7.48. The quantitative estimate of drug-likeness (QED) is 0.614. The van der Waals surface area contributed by atoms with E-state index < -0.39 is 17.8 Å². The number of carbonyl (C=O) groups excluding carboxylic acids is 1. The number of alkyl halides is 3. The molecule has 2 atom stereocenters. The van der Waals surface area contributed by atoms with Crippen LogP contribution in [0.25, 0.3) is 0 Å². The summed E-state index contributed by atoms with van der Waals surface area (Å²) in [7, 11) is 0. The van der Waals surface area contributed by atoms with E-state index in [1.165, 1.54) is 6.07 Å². The molecule has 0 spiro atoms. The number of benzene rings is 1. The highest BCUT2D eigenvalue weighted by molar-refractivity contribution is 8.18. The van der Waals surface area contributed by atoms with Crippen LogP contribution < -0.4 is 5.32 Å². The topological polar surface area (TPSA) is 64.9 Å². The second kappa shape index (κ2) is 10.2. The number of hydrogen-bond donors (Lipinski definition) is 2. The summed E-state index contributed by atoms with van der Waals surface area (Å²) in [5.74, 6) is 0.783. The molecule has 0 radical (unpaired) electrons. The number of hydrogen-bond acceptors (Lipinski definition) is 5. The van der Waals surface area contributed by atoms with Gasteiger partial charge in [0.05, 0.1) is 22.6 Å². The molecule has 1 aromatic rings. The highest BCUT2D eigenvalue weighted by atomic mass is 32.2. The Morgan fingerprint density at radius 2 is 1.94 bits per heavy atom. The highest BCUT2D eigenvalue weighted by Crippen LogP contribution is 2.35. The van der Waals surface area contributed by atoms with Crippen LogP contribution in [-0.4, -0.2) is 46.3 Å². The van der Waals surface area contributed by atoms with Gasteiger partial charge in [0.2, 0.25) is 0 Å². The second-order valence-electron chi connectivity index (χ2n) is 9.23. The Balaban J connectivity index is 1.36. The first kappa shape index (κ1) is 24.3. The van der Waals surface area contributed by atoms with Crippen LogP contribution in [0, 0.1) is 12.8 Å². The fourth-order valence-electron chi connectivity index (χ4n) is 4.81. The Morgan fingerprint density at radius 3 is 2.64 bits per heavy atom. The van der Waals surface area contributed by atoms with E-state index in [1.807, 2.05) is 0 Å². The number of thioether (sulfide) groups is 1. The van der Waals surface area contributed by atoms with Crippen molar-refractivity contribution in [2.45, 2.75) is 70.3 Å². The molecule has 0 unspecified atom stereocenters. The summed E-state index contributed by atoms with van der Waals surface area (Å²) in [6.45, 7) is 3.34. The summed E-state index contributed by atoms with van der Waals surface area (Å²) >= 11 is 1.10. The molecule has 0 bridgehead atoms. The SMILES string of the molecule is Cc1ccc(CN2CCC(/C=C3\SC(=O)N=C3N[C@H]3CCCC[C@H]3O)CC2)c(C(F)(F)F)c1. The normalized spacial score (nSPS) is 26.6. The molecule has 2 N–H and O–H groups in total. The molecule has 2 heterocycles. The average molecular weight is 482 g/mol. The molecule has 2 fully saturated rings. The van der Waals surface area contributed by atoms with Crippen molar-refractivity contribution in [1.82, 2.24) is 10.2 Å². The number of allylic oxidation sites excluding steroid dienone is 1. The van der Waals surface area contributed by atoms with E-state index in [0.717, 1.165) is 55.2 Å². The number of amides is 1. The Kier molecular flexibility index (Phi) is 7.50. The zero-order valence-corrected chi connectivity index (χ0v) is 19.5. The summed E-state index contributed by atoms with van der Waals surface area (Å²) in [5, 5.41) is 13.3. The van der Waals surface area contributed by atoms with Gasteiger partial charge in [-0.05, 0) is 75.0 Å². The lowest BCUT2D eigenvalue weighted by molar-refractivity contribution is -0.138. The predicted octanol–water partition coefficient (Wildman–Crippen LogP) is 5.27. The molecule has 1 aromatic carbocycles. The minimum atomic E-state index is -4.36. The third kappa shape index (κ3) is 6.19. The lowest BCUT2D eigenvalue weighted by Crippen LogP contribution is -2.45. The van der Waals surface area contributed by atoms with Crippen molar-refractivity contribution < 1.29 is 23.1 Å². The van der Waals surface area contributed by atoms with Crippen molar-refractivity contribution in [1.29, 1.82) is 0 Å². The summed E-state index contributed by atoms with van der Waals surface area (Å²) < 4.78 is 40.3. The van der Waals surface area contributed by atoms with Gasteiger partial charge in [-0.1, -0.05) is 36.6 Å². The molecule has 5 nitrogen and oxygen atoms in total. The maximum atomic E-state index is 13.4.